The van der Waals surface area contributed by atoms with Crippen molar-refractivity contribution in [3.8, 4) is 0 Å². The van der Waals surface area contributed by atoms with E-state index in [1.165, 1.54) is 23.5 Å². The van der Waals surface area contributed by atoms with Crippen molar-refractivity contribution in [2.45, 2.75) is 19.9 Å². The van der Waals surface area contributed by atoms with E-state index in [1.54, 1.807) is 32.0 Å². The summed E-state index contributed by atoms with van der Waals surface area (Å²) < 4.78 is 18.6. The van der Waals surface area contributed by atoms with Crippen LogP contribution in [0.25, 0.3) is 11.1 Å². The van der Waals surface area contributed by atoms with Gasteiger partial charge in [-0.2, -0.15) is 0 Å². The summed E-state index contributed by atoms with van der Waals surface area (Å²) in [6.07, 6.45) is 0. The standard InChI is InChI=1S/C20H16FN3O2S/c1-11-10-15(17-12(2)24-26-20(17)22-11)19(25)23-18(16-4-3-9-27-16)13-5-7-14(21)8-6-13/h3-10,18H,1-2H3,(H,23,25). The molecule has 1 N–H and O–H groups in total. The highest BCUT2D eigenvalue weighted by atomic mass is 32.1. The van der Waals surface area contributed by atoms with E-state index >= 15 is 0 Å². The zero-order valence-corrected chi connectivity index (χ0v) is 15.5. The largest absolute Gasteiger partial charge is 0.340 e. The average Bonchev–Trinajstić information content (AvgIpc) is 3.30. The summed E-state index contributed by atoms with van der Waals surface area (Å²) in [6, 6.07) is 11.3. The third-order valence-electron chi connectivity index (χ3n) is 4.30. The Bertz CT molecular complexity index is 1100. The van der Waals surface area contributed by atoms with Crippen LogP contribution in [0.4, 0.5) is 4.39 Å². The number of pyridine rings is 1. The molecule has 0 radical (unpaired) electrons. The van der Waals surface area contributed by atoms with Gasteiger partial charge in [0.05, 0.1) is 22.7 Å². The molecule has 0 aliphatic heterocycles. The number of hydrogen-bond donors (Lipinski definition) is 1. The highest BCUT2D eigenvalue weighted by molar-refractivity contribution is 7.10. The first-order valence-electron chi connectivity index (χ1n) is 8.36. The summed E-state index contributed by atoms with van der Waals surface area (Å²) in [7, 11) is 0. The minimum atomic E-state index is -0.387. The van der Waals surface area contributed by atoms with Gasteiger partial charge in [0.15, 0.2) is 0 Å². The fraction of sp³-hybridized carbons (Fsp3) is 0.150. The van der Waals surface area contributed by atoms with Crippen molar-refractivity contribution in [2.24, 2.45) is 0 Å². The molecule has 1 atom stereocenters. The predicted molar refractivity (Wildman–Crippen MR) is 101 cm³/mol. The summed E-state index contributed by atoms with van der Waals surface area (Å²) in [4.78, 5) is 18.4. The second-order valence-electron chi connectivity index (χ2n) is 6.23. The molecule has 0 spiro atoms. The third-order valence-corrected chi connectivity index (χ3v) is 5.23. The molecule has 136 valence electrons. The van der Waals surface area contributed by atoms with E-state index in [2.05, 4.69) is 15.5 Å². The van der Waals surface area contributed by atoms with Crippen molar-refractivity contribution in [3.63, 3.8) is 0 Å². The fourth-order valence-corrected chi connectivity index (χ4v) is 3.84. The molecule has 1 unspecified atom stereocenters. The summed E-state index contributed by atoms with van der Waals surface area (Å²) in [6.45, 7) is 3.57. The summed E-state index contributed by atoms with van der Waals surface area (Å²) in [5.74, 6) is -0.582. The maximum atomic E-state index is 13.3. The molecular weight excluding hydrogens is 365 g/mol. The van der Waals surface area contributed by atoms with Crippen molar-refractivity contribution in [1.82, 2.24) is 15.5 Å². The Morgan fingerprint density at radius 2 is 2.00 bits per heavy atom. The van der Waals surface area contributed by atoms with E-state index in [4.69, 9.17) is 4.52 Å². The lowest BCUT2D eigenvalue weighted by Gasteiger charge is -2.18. The number of aryl methyl sites for hydroxylation is 2. The van der Waals surface area contributed by atoms with Crippen LogP contribution in [0.2, 0.25) is 0 Å². The van der Waals surface area contributed by atoms with Crippen LogP contribution in [0, 0.1) is 19.7 Å². The smallest absolute Gasteiger partial charge is 0.258 e. The first-order valence-corrected chi connectivity index (χ1v) is 9.24. The number of hydrogen-bond acceptors (Lipinski definition) is 5. The van der Waals surface area contributed by atoms with Gasteiger partial charge < -0.3 is 9.84 Å². The lowest BCUT2D eigenvalue weighted by atomic mass is 10.0. The number of amides is 1. The van der Waals surface area contributed by atoms with Gasteiger partial charge in [-0.05, 0) is 49.1 Å². The average molecular weight is 381 g/mol. The molecule has 0 fully saturated rings. The molecule has 3 aromatic heterocycles. The molecule has 7 heteroatoms. The number of aromatic nitrogens is 2. The van der Waals surface area contributed by atoms with Crippen LogP contribution < -0.4 is 5.32 Å². The second kappa shape index (κ2) is 6.92. The Balaban J connectivity index is 1.75. The van der Waals surface area contributed by atoms with Gasteiger partial charge in [-0.15, -0.1) is 11.3 Å². The minimum Gasteiger partial charge on any atom is -0.340 e. The molecule has 1 aromatic carbocycles. The zero-order chi connectivity index (χ0) is 19.0. The Morgan fingerprint density at radius 3 is 2.70 bits per heavy atom. The van der Waals surface area contributed by atoms with Gasteiger partial charge in [0.2, 0.25) is 0 Å². The number of carbonyl (C=O) groups excluding carboxylic acids is 1. The van der Waals surface area contributed by atoms with Gasteiger partial charge >= 0.3 is 0 Å². The maximum absolute atomic E-state index is 13.3. The van der Waals surface area contributed by atoms with Gasteiger partial charge in [-0.25, -0.2) is 9.37 Å². The van der Waals surface area contributed by atoms with Crippen LogP contribution in [0.3, 0.4) is 0 Å². The van der Waals surface area contributed by atoms with E-state index in [0.717, 1.165) is 10.4 Å². The van der Waals surface area contributed by atoms with Crippen LogP contribution in [0.5, 0.6) is 0 Å². The van der Waals surface area contributed by atoms with E-state index < -0.39 is 0 Å². The van der Waals surface area contributed by atoms with Crippen molar-refractivity contribution in [3.05, 3.63) is 81.1 Å². The highest BCUT2D eigenvalue weighted by Crippen LogP contribution is 2.28. The van der Waals surface area contributed by atoms with Crippen molar-refractivity contribution in [1.29, 1.82) is 0 Å². The van der Waals surface area contributed by atoms with E-state index in [9.17, 15) is 9.18 Å². The Morgan fingerprint density at radius 1 is 1.22 bits per heavy atom. The van der Waals surface area contributed by atoms with Gasteiger partial charge in [0, 0.05) is 10.6 Å². The van der Waals surface area contributed by atoms with Gasteiger partial charge in [-0.3, -0.25) is 4.79 Å². The molecule has 1 amide bonds. The van der Waals surface area contributed by atoms with E-state index in [-0.39, 0.29) is 17.8 Å². The van der Waals surface area contributed by atoms with Crippen LogP contribution in [0.15, 0.2) is 52.4 Å². The molecule has 4 aromatic rings. The molecule has 0 saturated carbocycles. The van der Waals surface area contributed by atoms with E-state index in [1.807, 2.05) is 17.5 Å². The topological polar surface area (TPSA) is 68.0 Å². The van der Waals surface area contributed by atoms with Crippen LogP contribution in [-0.4, -0.2) is 16.0 Å². The highest BCUT2D eigenvalue weighted by Gasteiger charge is 2.23. The fourth-order valence-electron chi connectivity index (χ4n) is 3.04. The lowest BCUT2D eigenvalue weighted by molar-refractivity contribution is 0.0945. The molecule has 3 heterocycles. The molecule has 0 aliphatic carbocycles. The Labute approximate surface area is 158 Å². The van der Waals surface area contributed by atoms with Crippen molar-refractivity contribution < 1.29 is 13.7 Å². The number of carbonyl (C=O) groups is 1. The number of nitrogens with zero attached hydrogens (tertiary/aromatic N) is 2. The minimum absolute atomic E-state index is 0.264. The van der Waals surface area contributed by atoms with Gasteiger partial charge in [0.1, 0.15) is 5.82 Å². The number of benzene rings is 1. The number of rotatable bonds is 4. The first kappa shape index (κ1) is 17.4. The quantitative estimate of drug-likeness (QED) is 0.563. The summed E-state index contributed by atoms with van der Waals surface area (Å²) in [5, 5.41) is 9.52. The molecule has 0 bridgehead atoms. The van der Waals surface area contributed by atoms with Crippen LogP contribution >= 0.6 is 11.3 Å². The lowest BCUT2D eigenvalue weighted by Crippen LogP contribution is -2.29. The number of fused-ring (bicyclic) bond motifs is 1. The van der Waals surface area contributed by atoms with E-state index in [0.29, 0.717) is 28.1 Å². The molecular formula is C20H16FN3O2S. The molecule has 4 rings (SSSR count). The molecule has 0 saturated heterocycles. The summed E-state index contributed by atoms with van der Waals surface area (Å²) in [5.41, 5.74) is 2.87. The normalized spacial score (nSPS) is 12.3. The van der Waals surface area contributed by atoms with Crippen LogP contribution in [-0.2, 0) is 0 Å². The molecule has 0 aliphatic rings. The number of thiophene rings is 1. The van der Waals surface area contributed by atoms with Gasteiger partial charge in [-0.1, -0.05) is 23.4 Å². The van der Waals surface area contributed by atoms with Crippen molar-refractivity contribution >= 4 is 28.3 Å². The monoisotopic (exact) mass is 381 g/mol. The Hall–Kier alpha value is -3.06. The summed E-state index contributed by atoms with van der Waals surface area (Å²) >= 11 is 1.53. The first-order chi connectivity index (χ1) is 13.0. The molecule has 5 nitrogen and oxygen atoms in total. The zero-order valence-electron chi connectivity index (χ0n) is 14.7. The molecule has 27 heavy (non-hydrogen) atoms. The maximum Gasteiger partial charge on any atom is 0.258 e. The van der Waals surface area contributed by atoms with Gasteiger partial charge in [0.25, 0.3) is 11.6 Å². The van der Waals surface area contributed by atoms with Crippen molar-refractivity contribution in [2.75, 3.05) is 0 Å². The number of halogens is 1. The third kappa shape index (κ3) is 3.33. The SMILES string of the molecule is Cc1cc(C(=O)NC(c2ccc(F)cc2)c2cccs2)c2c(C)noc2n1. The van der Waals surface area contributed by atoms with Crippen LogP contribution in [0.1, 0.15) is 38.2 Å². The second-order valence-corrected chi connectivity index (χ2v) is 7.21. The number of nitrogens with one attached hydrogen (secondary N) is 1. The Kier molecular flexibility index (Phi) is 4.45. The predicted octanol–water partition coefficient (Wildman–Crippen LogP) is 4.56.